The molecule has 2 aliphatic rings. The molecule has 0 bridgehead atoms. The molecule has 0 aliphatic carbocycles. The van der Waals surface area contributed by atoms with Crippen LogP contribution in [-0.4, -0.2) is 76.9 Å². The van der Waals surface area contributed by atoms with Crippen molar-refractivity contribution in [2.45, 2.75) is 13.0 Å². The smallest absolute Gasteiger partial charge is 0.414 e. The summed E-state index contributed by atoms with van der Waals surface area (Å²) in [5.41, 5.74) is 0.950. The number of cyclic esters (lactones) is 1. The van der Waals surface area contributed by atoms with Crippen LogP contribution in [-0.2, 0) is 14.3 Å². The largest absolute Gasteiger partial charge is 0.468 e. The lowest BCUT2D eigenvalue weighted by Crippen LogP contribution is -2.36. The number of hydrogen-bond donors (Lipinski definition) is 1. The summed E-state index contributed by atoms with van der Waals surface area (Å²) in [5.74, 6) is -0.386. The minimum atomic E-state index is -0.446. The summed E-state index contributed by atoms with van der Waals surface area (Å²) in [5, 5.41) is 8.91. The number of hydrazone groups is 1. The van der Waals surface area contributed by atoms with E-state index in [4.69, 9.17) is 4.74 Å². The van der Waals surface area contributed by atoms with Gasteiger partial charge in [0.2, 0.25) is 0 Å². The van der Waals surface area contributed by atoms with E-state index in [9.17, 15) is 14.0 Å². The average Bonchev–Trinajstić information content (AvgIpc) is 3.04. The van der Waals surface area contributed by atoms with Crippen LogP contribution in [0.25, 0.3) is 0 Å². The predicted molar refractivity (Wildman–Crippen MR) is 104 cm³/mol. The Labute approximate surface area is 163 Å². The Bertz CT molecular complexity index is 703. The van der Waals surface area contributed by atoms with Crippen LogP contribution in [0.1, 0.15) is 6.92 Å². The number of hydrogen-bond acceptors (Lipinski definition) is 8. The second kappa shape index (κ2) is 10.5. The van der Waals surface area contributed by atoms with Crippen LogP contribution >= 0.6 is 0 Å². The number of benzene rings is 1. The molecule has 1 aromatic carbocycles. The first-order chi connectivity index (χ1) is 13.5. The Kier molecular flexibility index (Phi) is 8.00. The molecule has 0 saturated carbocycles. The number of anilines is 2. The number of nitrogens with zero attached hydrogens (tertiary/aromatic N) is 4. The topological polar surface area (TPSA) is 86.7 Å². The molecule has 0 spiro atoms. The van der Waals surface area contributed by atoms with E-state index in [0.29, 0.717) is 44.1 Å². The van der Waals surface area contributed by atoms with E-state index in [-0.39, 0.29) is 11.9 Å². The summed E-state index contributed by atoms with van der Waals surface area (Å²) in [7, 11) is 3.66. The number of halogens is 1. The van der Waals surface area contributed by atoms with Gasteiger partial charge in [0.15, 0.2) is 0 Å². The van der Waals surface area contributed by atoms with E-state index >= 15 is 0 Å². The zero-order chi connectivity index (χ0) is 20.5. The molecule has 0 radical (unpaired) electrons. The maximum Gasteiger partial charge on any atom is 0.414 e. The highest BCUT2D eigenvalue weighted by Gasteiger charge is 2.32. The Morgan fingerprint density at radius 1 is 1.43 bits per heavy atom. The molecule has 0 aromatic heterocycles. The fraction of sp³-hybridized carbons (Fsp3) is 0.500. The Hall–Kier alpha value is -2.88. The monoisotopic (exact) mass is 395 g/mol. The van der Waals surface area contributed by atoms with Crippen molar-refractivity contribution in [3.05, 3.63) is 24.0 Å². The van der Waals surface area contributed by atoms with Crippen molar-refractivity contribution >= 4 is 30.3 Å². The van der Waals surface area contributed by atoms with Crippen molar-refractivity contribution in [3.63, 3.8) is 0 Å². The number of carbonyl (C=O) groups excluding carboxylic acids is 2. The van der Waals surface area contributed by atoms with Crippen LogP contribution < -0.4 is 15.1 Å². The van der Waals surface area contributed by atoms with Gasteiger partial charge in [-0.25, -0.2) is 9.18 Å². The maximum absolute atomic E-state index is 14.4. The molecule has 1 N–H and O–H groups in total. The van der Waals surface area contributed by atoms with Crippen molar-refractivity contribution in [1.29, 1.82) is 0 Å². The molecule has 3 rings (SSSR count). The van der Waals surface area contributed by atoms with Gasteiger partial charge in [-0.1, -0.05) is 0 Å². The normalized spacial score (nSPS) is 18.5. The van der Waals surface area contributed by atoms with Crippen LogP contribution in [0.4, 0.5) is 20.6 Å². The number of amides is 1. The van der Waals surface area contributed by atoms with Crippen molar-refractivity contribution in [1.82, 2.24) is 10.3 Å². The van der Waals surface area contributed by atoms with Crippen molar-refractivity contribution in [3.8, 4) is 0 Å². The summed E-state index contributed by atoms with van der Waals surface area (Å²) in [6.07, 6.45) is 0.938. The Morgan fingerprint density at radius 3 is 2.75 bits per heavy atom. The molecular weight excluding hydrogens is 369 g/mol. The number of likely N-dealkylation sites (N-methyl/N-ethyl adjacent to an activating group) is 2. The van der Waals surface area contributed by atoms with Crippen molar-refractivity contribution < 1.29 is 23.5 Å². The van der Waals surface area contributed by atoms with E-state index in [2.05, 4.69) is 15.2 Å². The minimum absolute atomic E-state index is 0.222. The third-order valence-electron chi connectivity index (χ3n) is 4.15. The zero-order valence-electron chi connectivity index (χ0n) is 16.3. The summed E-state index contributed by atoms with van der Waals surface area (Å²) < 4.78 is 23.8. The van der Waals surface area contributed by atoms with E-state index in [1.165, 1.54) is 11.0 Å². The van der Waals surface area contributed by atoms with E-state index < -0.39 is 6.09 Å². The first kappa shape index (κ1) is 21.4. The van der Waals surface area contributed by atoms with Gasteiger partial charge in [0.05, 0.1) is 31.1 Å². The zero-order valence-corrected chi connectivity index (χ0v) is 16.3. The molecule has 9 nitrogen and oxygen atoms in total. The number of ether oxygens (including phenoxy) is 2. The van der Waals surface area contributed by atoms with Crippen LogP contribution in [0.2, 0.25) is 0 Å². The molecule has 10 heteroatoms. The molecule has 1 saturated heterocycles. The molecular formula is C18H26FN5O4. The van der Waals surface area contributed by atoms with E-state index in [1.807, 2.05) is 7.05 Å². The average molecular weight is 395 g/mol. The van der Waals surface area contributed by atoms with Gasteiger partial charge in [0, 0.05) is 20.1 Å². The van der Waals surface area contributed by atoms with Gasteiger partial charge >= 0.3 is 6.09 Å². The van der Waals surface area contributed by atoms with Gasteiger partial charge in [-0.05, 0) is 32.2 Å². The summed E-state index contributed by atoms with van der Waals surface area (Å²) >= 11 is 0. The molecule has 1 atom stereocenters. The molecule has 28 heavy (non-hydrogen) atoms. The SMILES string of the molecule is CCOC=O.CNCC1CN(c2ccc(N3C=NN(C)CC3)c(F)c2)C(=O)O1. The molecule has 1 fully saturated rings. The lowest BCUT2D eigenvalue weighted by Gasteiger charge is -2.28. The van der Waals surface area contributed by atoms with Crippen LogP contribution in [0.15, 0.2) is 23.3 Å². The highest BCUT2D eigenvalue weighted by Crippen LogP contribution is 2.27. The van der Waals surface area contributed by atoms with E-state index in [0.717, 1.165) is 6.54 Å². The maximum atomic E-state index is 14.4. The fourth-order valence-electron chi connectivity index (χ4n) is 2.73. The second-order valence-corrected chi connectivity index (χ2v) is 6.17. The number of rotatable bonds is 6. The van der Waals surface area contributed by atoms with Crippen LogP contribution in [0.3, 0.4) is 0 Å². The van der Waals surface area contributed by atoms with Gasteiger partial charge in [0.1, 0.15) is 18.3 Å². The van der Waals surface area contributed by atoms with Crippen LogP contribution in [0.5, 0.6) is 0 Å². The van der Waals surface area contributed by atoms with Gasteiger partial charge in [-0.2, -0.15) is 5.10 Å². The highest BCUT2D eigenvalue weighted by molar-refractivity contribution is 5.90. The quantitative estimate of drug-likeness (QED) is 0.726. The van der Waals surface area contributed by atoms with Crippen molar-refractivity contribution in [2.24, 2.45) is 5.10 Å². The molecule has 154 valence electrons. The lowest BCUT2D eigenvalue weighted by molar-refractivity contribution is -0.128. The van der Waals surface area contributed by atoms with Crippen molar-refractivity contribution in [2.75, 3.05) is 56.7 Å². The Balaban J connectivity index is 0.000000500. The summed E-state index contributed by atoms with van der Waals surface area (Å²) in [4.78, 5) is 24.3. The first-order valence-corrected chi connectivity index (χ1v) is 8.99. The van der Waals surface area contributed by atoms with Crippen LogP contribution in [0, 0.1) is 5.82 Å². The minimum Gasteiger partial charge on any atom is -0.468 e. The first-order valence-electron chi connectivity index (χ1n) is 8.99. The fourth-order valence-corrected chi connectivity index (χ4v) is 2.73. The summed E-state index contributed by atoms with van der Waals surface area (Å²) in [6.45, 7) is 5.03. The van der Waals surface area contributed by atoms with Gasteiger partial charge in [0.25, 0.3) is 6.47 Å². The lowest BCUT2D eigenvalue weighted by atomic mass is 10.2. The van der Waals surface area contributed by atoms with E-state index in [1.54, 1.807) is 42.4 Å². The highest BCUT2D eigenvalue weighted by atomic mass is 19.1. The van der Waals surface area contributed by atoms with Gasteiger partial charge in [-0.3, -0.25) is 14.7 Å². The molecule has 2 aliphatic heterocycles. The standard InChI is InChI=1S/C15H20FN5O2.C3H6O2/c1-17-8-12-9-21(15(22)23-12)11-3-4-14(13(16)7-11)20-6-5-19(2)18-10-20;1-2-5-3-4/h3-4,7,10,12,17H,5-6,8-9H2,1-2H3;3H,2H2,1H3. The Morgan fingerprint density at radius 2 is 2.21 bits per heavy atom. The predicted octanol–water partition coefficient (Wildman–Crippen LogP) is 1.24. The number of nitrogens with one attached hydrogen (secondary N) is 1. The van der Waals surface area contributed by atoms with Gasteiger partial charge < -0.3 is 19.7 Å². The van der Waals surface area contributed by atoms with Gasteiger partial charge in [-0.15, -0.1) is 0 Å². The summed E-state index contributed by atoms with van der Waals surface area (Å²) in [6, 6.07) is 4.76. The number of carbonyl (C=O) groups is 2. The molecule has 1 amide bonds. The molecule has 1 unspecified atom stereocenters. The third-order valence-corrected chi connectivity index (χ3v) is 4.15. The third kappa shape index (κ3) is 5.56. The second-order valence-electron chi connectivity index (χ2n) is 6.17. The molecule has 2 heterocycles. The molecule has 1 aromatic rings.